The molecule has 2 aliphatic rings. The molecule has 6 rings (SSSR count). The van der Waals surface area contributed by atoms with Crippen LogP contribution in [0.1, 0.15) is 71.3 Å². The molecular weight excluding hydrogens is 623 g/mol. The number of phenolic OH excluding ortho intramolecular Hbond substituents is 1. The number of rotatable bonds is 10. The average Bonchev–Trinajstić information content (AvgIpc) is 3.80. The number of Topliss-reactive ketones (excluding diaryl/α,β-unsaturated/α-hetero) is 1. The number of aromatic hydroxyl groups is 1. The van der Waals surface area contributed by atoms with Crippen LogP contribution in [0.3, 0.4) is 0 Å². The molecule has 1 aliphatic heterocycles. The summed E-state index contributed by atoms with van der Waals surface area (Å²) in [5.74, 6) is -0.805. The predicted octanol–water partition coefficient (Wildman–Crippen LogP) is 5.74. The number of hydrogen-bond acceptors (Lipinski definition) is 9. The van der Waals surface area contributed by atoms with Gasteiger partial charge in [-0.25, -0.2) is 9.37 Å². The fourth-order valence-electron chi connectivity index (χ4n) is 6.30. The third-order valence-electron chi connectivity index (χ3n) is 9.21. The number of pyridine rings is 1. The van der Waals surface area contributed by atoms with Gasteiger partial charge in [-0.05, 0) is 62.6 Å². The molecule has 0 radical (unpaired) electrons. The van der Waals surface area contributed by atoms with E-state index in [1.54, 1.807) is 31.2 Å². The zero-order valence-electron chi connectivity index (χ0n) is 26.7. The Labute approximate surface area is 278 Å². The summed E-state index contributed by atoms with van der Waals surface area (Å²) >= 11 is 6.00. The van der Waals surface area contributed by atoms with E-state index in [0.717, 1.165) is 26.4 Å². The van der Waals surface area contributed by atoms with E-state index in [0.29, 0.717) is 66.8 Å². The van der Waals surface area contributed by atoms with E-state index in [1.807, 2.05) is 10.6 Å². The first kappa shape index (κ1) is 34.0. The molecule has 0 amide bonds. The number of carbonyl (C=O) groups excluding carboxylic acids is 2. The molecule has 3 heterocycles. The van der Waals surface area contributed by atoms with Crippen LogP contribution in [0.2, 0.25) is 5.02 Å². The van der Waals surface area contributed by atoms with E-state index in [9.17, 15) is 20.0 Å². The molecule has 2 fully saturated rings. The number of halogens is 2. The van der Waals surface area contributed by atoms with E-state index in [2.05, 4.69) is 27.8 Å². The molecule has 2 N–H and O–H groups in total. The van der Waals surface area contributed by atoms with Gasteiger partial charge in [-0.1, -0.05) is 24.6 Å². The summed E-state index contributed by atoms with van der Waals surface area (Å²) in [6.45, 7) is 6.50. The van der Waals surface area contributed by atoms with E-state index in [-0.39, 0.29) is 34.2 Å². The van der Waals surface area contributed by atoms with Crippen molar-refractivity contribution in [3.8, 4) is 11.8 Å². The van der Waals surface area contributed by atoms with Crippen molar-refractivity contribution in [1.82, 2.24) is 19.4 Å². The minimum atomic E-state index is -0.589. The molecular formula is C35H38ClFN6O4. The molecule has 1 saturated carbocycles. The molecule has 0 bridgehead atoms. The summed E-state index contributed by atoms with van der Waals surface area (Å²) < 4.78 is 17.0. The number of nitriles is 1. The van der Waals surface area contributed by atoms with Gasteiger partial charge in [-0.2, -0.15) is 5.26 Å². The molecule has 1 aliphatic carbocycles. The first-order valence-electron chi connectivity index (χ1n) is 15.6. The number of fused-ring (bicyclic) bond motifs is 1. The van der Waals surface area contributed by atoms with Crippen molar-refractivity contribution in [3.05, 3.63) is 82.1 Å². The number of aldehydes is 1. The molecule has 10 nitrogen and oxygen atoms in total. The van der Waals surface area contributed by atoms with Crippen LogP contribution in [0.5, 0.6) is 5.75 Å². The van der Waals surface area contributed by atoms with Crippen molar-refractivity contribution in [2.45, 2.75) is 58.2 Å². The topological polar surface area (TPSA) is 136 Å². The summed E-state index contributed by atoms with van der Waals surface area (Å²) in [7, 11) is 1.00. The smallest absolute Gasteiger partial charge is 0.177 e. The second-order valence-electron chi connectivity index (χ2n) is 12.1. The van der Waals surface area contributed by atoms with Gasteiger partial charge in [-0.15, -0.1) is 0 Å². The van der Waals surface area contributed by atoms with Crippen molar-refractivity contribution >= 4 is 40.4 Å². The van der Waals surface area contributed by atoms with Gasteiger partial charge in [0.05, 0.1) is 51.4 Å². The number of hydrogen-bond donors (Lipinski definition) is 2. The van der Waals surface area contributed by atoms with Gasteiger partial charge in [0, 0.05) is 51.1 Å². The number of benzene rings is 2. The Morgan fingerprint density at radius 2 is 2.00 bits per heavy atom. The Morgan fingerprint density at radius 1 is 1.23 bits per heavy atom. The van der Waals surface area contributed by atoms with Crippen molar-refractivity contribution in [3.63, 3.8) is 0 Å². The highest BCUT2D eigenvalue weighted by atomic mass is 35.5. The monoisotopic (exact) mass is 660 g/mol. The Kier molecular flexibility index (Phi) is 10.2. The molecule has 2 unspecified atom stereocenters. The van der Waals surface area contributed by atoms with Crippen LogP contribution < -0.4 is 4.90 Å². The van der Waals surface area contributed by atoms with Crippen LogP contribution in [0.15, 0.2) is 48.7 Å². The fraction of sp³-hybridized carbons (Fsp3) is 0.400. The second-order valence-corrected chi connectivity index (χ2v) is 12.6. The maximum Gasteiger partial charge on any atom is 0.177 e. The number of carbonyl (C=O) groups is 2. The van der Waals surface area contributed by atoms with E-state index < -0.39 is 17.2 Å². The minimum Gasteiger partial charge on any atom is -0.507 e. The van der Waals surface area contributed by atoms with Gasteiger partial charge >= 0.3 is 0 Å². The Balaban J connectivity index is 0.00000213. The number of aliphatic hydroxyl groups excluding tert-OH is 1. The maximum atomic E-state index is 15.1. The van der Waals surface area contributed by atoms with Crippen LogP contribution in [0.4, 0.5) is 10.1 Å². The number of anilines is 1. The van der Waals surface area contributed by atoms with Crippen LogP contribution in [0, 0.1) is 22.6 Å². The lowest BCUT2D eigenvalue weighted by Crippen LogP contribution is -2.53. The molecule has 0 spiro atoms. The van der Waals surface area contributed by atoms with E-state index in [1.165, 1.54) is 18.3 Å². The Bertz CT molecular complexity index is 1820. The second kappa shape index (κ2) is 14.2. The summed E-state index contributed by atoms with van der Waals surface area (Å²) in [5, 5.41) is 28.2. The number of phenols is 1. The van der Waals surface area contributed by atoms with Gasteiger partial charge in [0.15, 0.2) is 11.6 Å². The highest BCUT2D eigenvalue weighted by Crippen LogP contribution is 2.47. The zero-order valence-corrected chi connectivity index (χ0v) is 27.4. The van der Waals surface area contributed by atoms with Gasteiger partial charge in [0.2, 0.25) is 0 Å². The Hall–Kier alpha value is -4.37. The van der Waals surface area contributed by atoms with E-state index >= 15 is 4.39 Å². The molecule has 246 valence electrons. The zero-order chi connectivity index (χ0) is 33.9. The first-order chi connectivity index (χ1) is 22.7. The summed E-state index contributed by atoms with van der Waals surface area (Å²) in [6.07, 6.45) is 4.47. The summed E-state index contributed by atoms with van der Waals surface area (Å²) in [4.78, 5) is 38.7. The molecule has 2 aromatic carbocycles. The lowest BCUT2D eigenvalue weighted by Gasteiger charge is -2.42. The number of imidazole rings is 1. The molecule has 2 aromatic heterocycles. The molecule has 1 saturated heterocycles. The molecule has 4 aromatic rings. The summed E-state index contributed by atoms with van der Waals surface area (Å²) in [6, 6.07) is 13.9. The van der Waals surface area contributed by atoms with Crippen LogP contribution in [0.25, 0.3) is 11.0 Å². The fourth-order valence-corrected chi connectivity index (χ4v) is 6.41. The van der Waals surface area contributed by atoms with Crippen molar-refractivity contribution in [2.24, 2.45) is 5.41 Å². The standard InChI is InChI=1S/C34H34ClFN6O3.CH4O/c1-3-24-16-41(27-5-4-6-29(44)31(27)33(45)21(2)26-8-7-23(35)15-38-26)12-11-40(24)17-30-39-32-25(36)13-22(18-43)14-28(32)42(30)20-34(19-37)9-10-34;1-2/h4-8,13-15,18,21,24,44H,3,9-12,16-17,20H2,1-2H3;2H,1H3. The van der Waals surface area contributed by atoms with Crippen molar-refractivity contribution < 1.29 is 24.2 Å². The van der Waals surface area contributed by atoms with Gasteiger partial charge in [-0.3, -0.25) is 19.5 Å². The number of piperazine rings is 1. The SMILES string of the molecule is CCC1CN(c2cccc(O)c2C(=O)C(C)c2ccc(Cl)cn2)CCN1Cc1nc2c(F)cc(C=O)cc2n1CC1(C#N)CC1.CO. The maximum absolute atomic E-state index is 15.1. The van der Waals surface area contributed by atoms with Crippen LogP contribution in [-0.4, -0.2) is 74.5 Å². The Morgan fingerprint density at radius 3 is 2.64 bits per heavy atom. The number of aromatic nitrogens is 3. The molecule has 12 heteroatoms. The number of aliphatic hydroxyl groups is 1. The highest BCUT2D eigenvalue weighted by Gasteiger charge is 2.44. The predicted molar refractivity (Wildman–Crippen MR) is 177 cm³/mol. The van der Waals surface area contributed by atoms with Crippen LogP contribution in [-0.2, 0) is 13.1 Å². The third-order valence-corrected chi connectivity index (χ3v) is 9.44. The number of nitrogens with zero attached hydrogens (tertiary/aromatic N) is 6. The molecule has 47 heavy (non-hydrogen) atoms. The first-order valence-corrected chi connectivity index (χ1v) is 16.0. The van der Waals surface area contributed by atoms with E-state index in [4.69, 9.17) is 21.7 Å². The quantitative estimate of drug-likeness (QED) is 0.161. The minimum absolute atomic E-state index is 0.0638. The number of ketones is 1. The van der Waals surface area contributed by atoms with Gasteiger partial charge < -0.3 is 19.7 Å². The normalized spacial score (nSPS) is 17.8. The van der Waals surface area contributed by atoms with Crippen LogP contribution >= 0.6 is 11.6 Å². The van der Waals surface area contributed by atoms with Gasteiger partial charge in [0.1, 0.15) is 23.4 Å². The van der Waals surface area contributed by atoms with Gasteiger partial charge in [0.25, 0.3) is 0 Å². The summed E-state index contributed by atoms with van der Waals surface area (Å²) in [5.41, 5.74) is 1.94. The highest BCUT2D eigenvalue weighted by molar-refractivity contribution is 6.30. The van der Waals surface area contributed by atoms with Crippen molar-refractivity contribution in [1.29, 1.82) is 5.26 Å². The lowest BCUT2D eigenvalue weighted by molar-refractivity contribution is 0.0961. The third kappa shape index (κ3) is 6.86. The lowest BCUT2D eigenvalue weighted by atomic mass is 9.93. The average molecular weight is 661 g/mol. The molecule has 2 atom stereocenters. The largest absolute Gasteiger partial charge is 0.507 e. The van der Waals surface area contributed by atoms with Crippen molar-refractivity contribution in [2.75, 3.05) is 31.6 Å².